The molecule has 2 atom stereocenters. The van der Waals surface area contributed by atoms with E-state index >= 15 is 0 Å². The zero-order valence-corrected chi connectivity index (χ0v) is 24.0. The highest BCUT2D eigenvalue weighted by atomic mass is 16.7. The number of benzene rings is 4. The molecule has 2 fully saturated rings. The summed E-state index contributed by atoms with van der Waals surface area (Å²) >= 11 is 0. The first-order valence-corrected chi connectivity index (χ1v) is 14.1. The molecule has 0 saturated carbocycles. The van der Waals surface area contributed by atoms with E-state index in [0.717, 1.165) is 22.1 Å². The average Bonchev–Trinajstić information content (AvgIpc) is 3.37. The molecule has 200 valence electrons. The lowest BCUT2D eigenvalue weighted by molar-refractivity contribution is -0.176. The molecule has 0 aliphatic carbocycles. The minimum atomic E-state index is -0.821. The molecule has 0 N–H and O–H groups in total. The summed E-state index contributed by atoms with van der Waals surface area (Å²) in [6, 6.07) is 34.3. The second kappa shape index (κ2) is 8.67. The molecule has 3 heterocycles. The minimum Gasteiger partial charge on any atom is -0.399 e. The molecule has 2 saturated heterocycles. The van der Waals surface area contributed by atoms with Gasteiger partial charge in [0, 0.05) is 0 Å². The summed E-state index contributed by atoms with van der Waals surface area (Å²) in [6.07, 6.45) is 0. The van der Waals surface area contributed by atoms with Crippen molar-refractivity contribution < 1.29 is 18.6 Å². The standard InChI is InChI=1S/C34H34B2O4/c1-31(2)33(5)34(6)32(3,4)38-36(40-34)26-16-12-14-24(22-26)28-18-8-10-20-30(28)29-19-9-7-17-27(29)23-13-11-15-25(21-23)35(37-31)39-33/h7-22H,1-6H3. The van der Waals surface area contributed by atoms with E-state index in [1.807, 2.05) is 0 Å². The van der Waals surface area contributed by atoms with Gasteiger partial charge in [-0.15, -0.1) is 0 Å². The second-order valence-electron chi connectivity index (χ2n) is 12.6. The molecule has 4 aromatic rings. The van der Waals surface area contributed by atoms with Crippen molar-refractivity contribution in [3.63, 3.8) is 0 Å². The number of hydrogen-bond acceptors (Lipinski definition) is 4. The monoisotopic (exact) mass is 528 g/mol. The third kappa shape index (κ3) is 3.56. The first-order chi connectivity index (χ1) is 19.0. The van der Waals surface area contributed by atoms with Gasteiger partial charge < -0.3 is 18.6 Å². The third-order valence-electron chi connectivity index (χ3n) is 9.78. The molecule has 8 bridgehead atoms. The molecule has 4 aromatic carbocycles. The lowest BCUT2D eigenvalue weighted by Gasteiger charge is -2.52. The van der Waals surface area contributed by atoms with E-state index in [0.29, 0.717) is 0 Å². The van der Waals surface area contributed by atoms with Crippen LogP contribution in [-0.4, -0.2) is 36.6 Å². The second-order valence-corrected chi connectivity index (χ2v) is 12.6. The van der Waals surface area contributed by atoms with Gasteiger partial charge in [0.1, 0.15) is 11.2 Å². The smallest absolute Gasteiger partial charge is 0.399 e. The Kier molecular flexibility index (Phi) is 5.59. The van der Waals surface area contributed by atoms with Crippen molar-refractivity contribution in [3.8, 4) is 33.4 Å². The molecule has 4 nitrogen and oxygen atoms in total. The number of rotatable bonds is 0. The van der Waals surface area contributed by atoms with Crippen molar-refractivity contribution in [2.24, 2.45) is 0 Å². The van der Waals surface area contributed by atoms with Crippen LogP contribution in [0.2, 0.25) is 0 Å². The fourth-order valence-electron chi connectivity index (χ4n) is 6.81. The van der Waals surface area contributed by atoms with Crippen LogP contribution in [0.5, 0.6) is 0 Å². The summed E-state index contributed by atoms with van der Waals surface area (Å²) in [7, 11) is -1.10. The molecule has 6 heteroatoms. The maximum Gasteiger partial charge on any atom is 0.494 e. The van der Waals surface area contributed by atoms with Crippen LogP contribution in [0.25, 0.3) is 33.4 Å². The zero-order chi connectivity index (χ0) is 27.9. The van der Waals surface area contributed by atoms with E-state index in [-0.39, 0.29) is 0 Å². The topological polar surface area (TPSA) is 36.9 Å². The van der Waals surface area contributed by atoms with E-state index in [2.05, 4.69) is 139 Å². The van der Waals surface area contributed by atoms with Gasteiger partial charge in [0.25, 0.3) is 0 Å². The van der Waals surface area contributed by atoms with Gasteiger partial charge in [-0.3, -0.25) is 0 Å². The number of fused-ring (bicyclic) bond motifs is 16. The highest BCUT2D eigenvalue weighted by Crippen LogP contribution is 2.54. The van der Waals surface area contributed by atoms with Crippen LogP contribution in [0, 0.1) is 0 Å². The lowest BCUT2D eigenvalue weighted by atomic mass is 9.67. The molecule has 3 aliphatic rings. The molecule has 2 unspecified atom stereocenters. The Labute approximate surface area is 237 Å². The van der Waals surface area contributed by atoms with Crippen molar-refractivity contribution >= 4 is 25.2 Å². The summed E-state index contributed by atoms with van der Waals surface area (Å²) in [5, 5.41) is 0. The molecule has 3 aliphatic heterocycles. The Morgan fingerprint density at radius 3 is 1.20 bits per heavy atom. The van der Waals surface area contributed by atoms with E-state index in [9.17, 15) is 0 Å². The summed E-state index contributed by atoms with van der Waals surface area (Å²) < 4.78 is 27.3. The van der Waals surface area contributed by atoms with Gasteiger partial charge in [0.2, 0.25) is 0 Å². The molecule has 0 amide bonds. The van der Waals surface area contributed by atoms with Crippen molar-refractivity contribution in [2.45, 2.75) is 63.9 Å². The van der Waals surface area contributed by atoms with Crippen LogP contribution >= 0.6 is 0 Å². The predicted octanol–water partition coefficient (Wildman–Crippen LogP) is 6.26. The van der Waals surface area contributed by atoms with Crippen molar-refractivity contribution in [1.82, 2.24) is 0 Å². The Hall–Kier alpha value is -3.15. The highest BCUT2D eigenvalue weighted by Gasteiger charge is 2.72. The molecular weight excluding hydrogens is 494 g/mol. The normalized spacial score (nSPS) is 25.9. The first kappa shape index (κ1) is 25.8. The summed E-state index contributed by atoms with van der Waals surface area (Å²) in [6.45, 7) is 12.6. The van der Waals surface area contributed by atoms with Crippen LogP contribution in [0.4, 0.5) is 0 Å². The summed E-state index contributed by atoms with van der Waals surface area (Å²) in [4.78, 5) is 0. The predicted molar refractivity (Wildman–Crippen MR) is 163 cm³/mol. The summed E-state index contributed by atoms with van der Waals surface area (Å²) in [5.74, 6) is 0. The van der Waals surface area contributed by atoms with Gasteiger partial charge in [0.05, 0.1) is 11.2 Å². The molecule has 0 radical (unpaired) electrons. The maximum atomic E-state index is 6.94. The van der Waals surface area contributed by atoms with Crippen molar-refractivity contribution in [3.05, 3.63) is 97.1 Å². The molecule has 0 spiro atoms. The van der Waals surface area contributed by atoms with Crippen LogP contribution in [-0.2, 0) is 18.6 Å². The maximum absolute atomic E-state index is 6.94. The third-order valence-corrected chi connectivity index (χ3v) is 9.78. The minimum absolute atomic E-state index is 0.550. The molecule has 0 aromatic heterocycles. The fourth-order valence-corrected chi connectivity index (χ4v) is 6.81. The van der Waals surface area contributed by atoms with Gasteiger partial charge >= 0.3 is 14.2 Å². The largest absolute Gasteiger partial charge is 0.494 e. The van der Waals surface area contributed by atoms with Crippen LogP contribution in [0.15, 0.2) is 97.1 Å². The molecule has 7 rings (SSSR count). The van der Waals surface area contributed by atoms with E-state index in [1.165, 1.54) is 22.3 Å². The van der Waals surface area contributed by atoms with Gasteiger partial charge in [-0.05, 0) is 85.8 Å². The van der Waals surface area contributed by atoms with E-state index in [1.54, 1.807) is 0 Å². The quantitative estimate of drug-likeness (QED) is 0.253. The lowest BCUT2D eigenvalue weighted by Crippen LogP contribution is -2.68. The highest BCUT2D eigenvalue weighted by molar-refractivity contribution is 6.63. The average molecular weight is 528 g/mol. The zero-order valence-electron chi connectivity index (χ0n) is 24.0. The van der Waals surface area contributed by atoms with E-state index in [4.69, 9.17) is 18.6 Å². The first-order valence-electron chi connectivity index (χ1n) is 14.1. The van der Waals surface area contributed by atoms with Crippen molar-refractivity contribution in [2.75, 3.05) is 0 Å². The van der Waals surface area contributed by atoms with E-state index < -0.39 is 36.6 Å². The SMILES string of the molecule is CC1(C)OB2OC1(C)C1(C)OB(OC1(C)C)c1cccc(c1)-c1ccccc1-c1ccccc1-c1cccc2c1. The van der Waals surface area contributed by atoms with Crippen LogP contribution in [0.3, 0.4) is 0 Å². The Balaban J connectivity index is 1.51. The fraction of sp³-hybridized carbons (Fsp3) is 0.294. The van der Waals surface area contributed by atoms with Crippen molar-refractivity contribution in [1.29, 1.82) is 0 Å². The van der Waals surface area contributed by atoms with Gasteiger partial charge in [-0.1, -0.05) is 97.1 Å². The number of hydrogen-bond donors (Lipinski definition) is 0. The van der Waals surface area contributed by atoms with Gasteiger partial charge in [0.15, 0.2) is 0 Å². The summed E-state index contributed by atoms with van der Waals surface area (Å²) in [5.41, 5.74) is 5.91. The Morgan fingerprint density at radius 1 is 0.425 bits per heavy atom. The van der Waals surface area contributed by atoms with Gasteiger partial charge in [-0.2, -0.15) is 0 Å². The Bertz CT molecular complexity index is 1510. The van der Waals surface area contributed by atoms with Crippen LogP contribution in [0.1, 0.15) is 41.5 Å². The Morgan fingerprint density at radius 2 is 0.800 bits per heavy atom. The van der Waals surface area contributed by atoms with Gasteiger partial charge in [-0.25, -0.2) is 0 Å². The molecule has 40 heavy (non-hydrogen) atoms. The van der Waals surface area contributed by atoms with Crippen LogP contribution < -0.4 is 10.9 Å². The molecular formula is C34H34B2O4.